The van der Waals surface area contributed by atoms with E-state index in [1.165, 1.54) is 41.0 Å². The summed E-state index contributed by atoms with van der Waals surface area (Å²) < 4.78 is 14.6. The molecule has 0 aromatic heterocycles. The molecule has 3 aliphatic heterocycles. The van der Waals surface area contributed by atoms with E-state index in [9.17, 15) is 18.8 Å². The smallest absolute Gasteiger partial charge is 0.255 e. The molecule has 182 valence electrons. The van der Waals surface area contributed by atoms with Crippen LogP contribution >= 0.6 is 0 Å². The Morgan fingerprint density at radius 3 is 2.49 bits per heavy atom. The minimum absolute atomic E-state index is 0.198. The van der Waals surface area contributed by atoms with E-state index in [2.05, 4.69) is 39.4 Å². The van der Waals surface area contributed by atoms with Crippen molar-refractivity contribution in [2.24, 2.45) is 0 Å². The number of carbonyl (C=O) groups is 3. The van der Waals surface area contributed by atoms with Gasteiger partial charge in [-0.2, -0.15) is 0 Å². The number of hydrogen-bond donors (Lipinski definition) is 1. The fraction of sp³-hybridized carbons (Fsp3) is 0.444. The van der Waals surface area contributed by atoms with Crippen LogP contribution in [0.1, 0.15) is 58.6 Å². The third kappa shape index (κ3) is 4.20. The highest BCUT2D eigenvalue weighted by atomic mass is 19.1. The number of piperazine rings is 1. The quantitative estimate of drug-likeness (QED) is 0.672. The van der Waals surface area contributed by atoms with Gasteiger partial charge in [0.05, 0.1) is 0 Å². The van der Waals surface area contributed by atoms with Gasteiger partial charge in [0.2, 0.25) is 11.8 Å². The van der Waals surface area contributed by atoms with Gasteiger partial charge in [-0.1, -0.05) is 24.3 Å². The van der Waals surface area contributed by atoms with Crippen molar-refractivity contribution in [3.63, 3.8) is 0 Å². The summed E-state index contributed by atoms with van der Waals surface area (Å²) in [6.45, 7) is 4.38. The van der Waals surface area contributed by atoms with E-state index in [1.807, 2.05) is 0 Å². The third-order valence-electron chi connectivity index (χ3n) is 7.78. The molecule has 8 heteroatoms. The minimum Gasteiger partial charge on any atom is -0.369 e. The highest BCUT2D eigenvalue weighted by Gasteiger charge is 2.41. The number of benzene rings is 2. The molecule has 0 radical (unpaired) electrons. The number of imide groups is 1. The van der Waals surface area contributed by atoms with Crippen LogP contribution in [0.15, 0.2) is 36.4 Å². The van der Waals surface area contributed by atoms with Gasteiger partial charge < -0.3 is 9.80 Å². The lowest BCUT2D eigenvalue weighted by atomic mass is 10.0. The molecule has 1 saturated carbocycles. The molecule has 0 spiro atoms. The number of hydrogen-bond acceptors (Lipinski definition) is 5. The van der Waals surface area contributed by atoms with Crippen molar-refractivity contribution in [3.8, 4) is 0 Å². The van der Waals surface area contributed by atoms with Crippen LogP contribution in [0.2, 0.25) is 0 Å². The van der Waals surface area contributed by atoms with Crippen LogP contribution in [0.25, 0.3) is 0 Å². The Labute approximate surface area is 203 Å². The van der Waals surface area contributed by atoms with Crippen molar-refractivity contribution < 1.29 is 18.8 Å². The number of nitrogens with zero attached hydrogens (tertiary/aromatic N) is 3. The van der Waals surface area contributed by atoms with Gasteiger partial charge in [-0.25, -0.2) is 4.39 Å². The van der Waals surface area contributed by atoms with Gasteiger partial charge in [-0.3, -0.25) is 24.6 Å². The Balaban J connectivity index is 1.17. The monoisotopic (exact) mass is 476 g/mol. The van der Waals surface area contributed by atoms with E-state index >= 15 is 0 Å². The number of anilines is 1. The van der Waals surface area contributed by atoms with E-state index in [0.29, 0.717) is 17.9 Å². The number of nitrogens with one attached hydrogen (secondary N) is 1. The van der Waals surface area contributed by atoms with Gasteiger partial charge in [-0.05, 0) is 48.4 Å². The summed E-state index contributed by atoms with van der Waals surface area (Å²) in [5.41, 5.74) is 4.71. The molecule has 1 aliphatic carbocycles. The largest absolute Gasteiger partial charge is 0.369 e. The second-order valence-corrected chi connectivity index (χ2v) is 10.1. The van der Waals surface area contributed by atoms with E-state index in [1.54, 1.807) is 0 Å². The van der Waals surface area contributed by atoms with Crippen molar-refractivity contribution in [3.05, 3.63) is 64.5 Å². The molecule has 2 saturated heterocycles. The number of carbonyl (C=O) groups excluding carboxylic acids is 3. The Morgan fingerprint density at radius 1 is 0.971 bits per heavy atom. The topological polar surface area (TPSA) is 73.0 Å². The standard InChI is InChI=1S/C27H29FN4O3/c28-19-13-21-22(16-32(27(21)35)23-7-8-25(33)29-26(23)34)24(14-19)31-11-9-30(10-12-31)15-18-3-1-2-4-20(18)17-5-6-17/h1-4,13-14,17,23H,5-12,15-16H2,(H,29,33,34). The summed E-state index contributed by atoms with van der Waals surface area (Å²) in [6, 6.07) is 10.8. The predicted molar refractivity (Wildman–Crippen MR) is 128 cm³/mol. The predicted octanol–water partition coefficient (Wildman–Crippen LogP) is 2.79. The van der Waals surface area contributed by atoms with Crippen LogP contribution in [0.5, 0.6) is 0 Å². The Morgan fingerprint density at radius 2 is 1.74 bits per heavy atom. The molecule has 0 bridgehead atoms. The molecule has 4 aliphatic rings. The zero-order valence-electron chi connectivity index (χ0n) is 19.6. The number of halogens is 1. The molecule has 1 atom stereocenters. The van der Waals surface area contributed by atoms with Crippen LogP contribution in [0.3, 0.4) is 0 Å². The molecule has 1 unspecified atom stereocenters. The van der Waals surface area contributed by atoms with Crippen molar-refractivity contribution in [2.75, 3.05) is 31.1 Å². The summed E-state index contributed by atoms with van der Waals surface area (Å²) in [5.74, 6) is -0.847. The summed E-state index contributed by atoms with van der Waals surface area (Å²) in [6.07, 6.45) is 3.06. The lowest BCUT2D eigenvalue weighted by Gasteiger charge is -2.37. The molecule has 2 aromatic carbocycles. The molecule has 3 amide bonds. The molecule has 2 aromatic rings. The summed E-state index contributed by atoms with van der Waals surface area (Å²) in [4.78, 5) is 43.1. The van der Waals surface area contributed by atoms with Gasteiger partial charge >= 0.3 is 0 Å². The summed E-state index contributed by atoms with van der Waals surface area (Å²) in [7, 11) is 0. The first-order valence-electron chi connectivity index (χ1n) is 12.5. The number of amides is 3. The molecular formula is C27H29FN4O3. The second-order valence-electron chi connectivity index (χ2n) is 10.1. The van der Waals surface area contributed by atoms with Crippen LogP contribution in [-0.4, -0.2) is 59.7 Å². The molecule has 3 fully saturated rings. The van der Waals surface area contributed by atoms with Crippen LogP contribution in [-0.2, 0) is 22.7 Å². The van der Waals surface area contributed by atoms with Gasteiger partial charge in [0.25, 0.3) is 5.91 Å². The zero-order chi connectivity index (χ0) is 24.1. The first-order chi connectivity index (χ1) is 17.0. The molecule has 3 heterocycles. The summed E-state index contributed by atoms with van der Waals surface area (Å²) >= 11 is 0. The highest BCUT2D eigenvalue weighted by Crippen LogP contribution is 2.42. The molecule has 1 N–H and O–H groups in total. The minimum atomic E-state index is -0.702. The normalized spacial score (nSPS) is 23.0. The Bertz CT molecular complexity index is 1200. The Hall–Kier alpha value is -3.26. The number of rotatable bonds is 5. The molecule has 7 nitrogen and oxygen atoms in total. The van der Waals surface area contributed by atoms with E-state index in [-0.39, 0.29) is 24.8 Å². The maximum absolute atomic E-state index is 14.6. The van der Waals surface area contributed by atoms with Crippen molar-refractivity contribution in [2.45, 2.75) is 50.7 Å². The average Bonchev–Trinajstić information content (AvgIpc) is 3.64. The molecule has 35 heavy (non-hydrogen) atoms. The molecule has 6 rings (SSSR count). The van der Waals surface area contributed by atoms with Crippen molar-refractivity contribution in [1.29, 1.82) is 0 Å². The van der Waals surface area contributed by atoms with Crippen molar-refractivity contribution >= 4 is 23.4 Å². The lowest BCUT2D eigenvalue weighted by Crippen LogP contribution is -2.52. The van der Waals surface area contributed by atoms with E-state index in [4.69, 9.17) is 0 Å². The maximum Gasteiger partial charge on any atom is 0.255 e. The molecular weight excluding hydrogens is 447 g/mol. The van der Waals surface area contributed by atoms with Crippen molar-refractivity contribution in [1.82, 2.24) is 15.1 Å². The van der Waals surface area contributed by atoms with Gasteiger partial charge in [0.1, 0.15) is 11.9 Å². The third-order valence-corrected chi connectivity index (χ3v) is 7.78. The van der Waals surface area contributed by atoms with E-state index in [0.717, 1.165) is 44.0 Å². The van der Waals surface area contributed by atoms with E-state index < -0.39 is 17.8 Å². The fourth-order valence-corrected chi connectivity index (χ4v) is 5.75. The zero-order valence-corrected chi connectivity index (χ0v) is 19.6. The van der Waals surface area contributed by atoms with Crippen LogP contribution in [0, 0.1) is 5.82 Å². The first-order valence-corrected chi connectivity index (χ1v) is 12.5. The Kier molecular flexibility index (Phi) is 5.56. The van der Waals surface area contributed by atoms with Gasteiger partial charge in [0.15, 0.2) is 0 Å². The average molecular weight is 477 g/mol. The fourth-order valence-electron chi connectivity index (χ4n) is 5.75. The van der Waals surface area contributed by atoms with Gasteiger partial charge in [0, 0.05) is 62.5 Å². The summed E-state index contributed by atoms with van der Waals surface area (Å²) in [5, 5.41) is 2.32. The lowest BCUT2D eigenvalue weighted by molar-refractivity contribution is -0.136. The van der Waals surface area contributed by atoms with Crippen LogP contribution in [0.4, 0.5) is 10.1 Å². The maximum atomic E-state index is 14.6. The number of fused-ring (bicyclic) bond motifs is 1. The SMILES string of the molecule is O=C1CCC(N2Cc3c(cc(F)cc3N3CCN(Cc4ccccc4C4CC4)CC3)C2=O)C(=O)N1. The highest BCUT2D eigenvalue weighted by molar-refractivity contribution is 6.06. The first kappa shape index (κ1) is 22.2. The van der Waals surface area contributed by atoms with Crippen LogP contribution < -0.4 is 10.2 Å². The second kappa shape index (κ2) is 8.75. The van der Waals surface area contributed by atoms with Gasteiger partial charge in [-0.15, -0.1) is 0 Å². The number of piperidine rings is 1.